The first kappa shape index (κ1) is 20.5. The van der Waals surface area contributed by atoms with Crippen molar-refractivity contribution in [3.05, 3.63) is 35.4 Å². The molecule has 0 aromatic heterocycles. The number of hydrogen-bond acceptors (Lipinski definition) is 3. The van der Waals surface area contributed by atoms with Crippen LogP contribution in [0.2, 0.25) is 0 Å². The van der Waals surface area contributed by atoms with Crippen molar-refractivity contribution in [2.24, 2.45) is 0 Å². The van der Waals surface area contributed by atoms with Gasteiger partial charge in [0.2, 0.25) is 0 Å². The van der Waals surface area contributed by atoms with Crippen molar-refractivity contribution in [1.29, 1.82) is 0 Å². The Kier molecular flexibility index (Phi) is 8.66. The topological polar surface area (TPSA) is 18.5 Å². The Balaban J connectivity index is 2.63. The van der Waals surface area contributed by atoms with Gasteiger partial charge in [0.25, 0.3) is 0 Å². The van der Waals surface area contributed by atoms with E-state index in [-0.39, 0.29) is 10.5 Å². The molecule has 0 amide bonds. The second-order valence-corrected chi connectivity index (χ2v) is 7.17. The van der Waals surface area contributed by atoms with E-state index in [0.29, 0.717) is 13.2 Å². The Bertz CT molecular complexity index is 451. The van der Waals surface area contributed by atoms with E-state index in [1.165, 1.54) is 11.1 Å². The van der Waals surface area contributed by atoms with Crippen LogP contribution in [0.15, 0.2) is 24.3 Å². The highest BCUT2D eigenvalue weighted by molar-refractivity contribution is 7.81. The van der Waals surface area contributed by atoms with Crippen molar-refractivity contribution >= 4 is 12.6 Å². The molecule has 0 atom stereocenters. The lowest BCUT2D eigenvalue weighted by Gasteiger charge is -2.34. The molecule has 0 N–H and O–H groups in total. The molecular formula is C20H34O2S. The third kappa shape index (κ3) is 6.13. The fourth-order valence-corrected chi connectivity index (χ4v) is 2.86. The molecule has 3 heteroatoms. The van der Waals surface area contributed by atoms with E-state index in [2.05, 4.69) is 71.5 Å². The Morgan fingerprint density at radius 1 is 0.913 bits per heavy atom. The number of thiol groups is 1. The molecule has 0 unspecified atom stereocenters. The van der Waals surface area contributed by atoms with Crippen LogP contribution < -0.4 is 0 Å². The third-order valence-electron chi connectivity index (χ3n) is 5.12. The van der Waals surface area contributed by atoms with Gasteiger partial charge >= 0.3 is 0 Å². The quantitative estimate of drug-likeness (QED) is 0.398. The van der Waals surface area contributed by atoms with Crippen molar-refractivity contribution in [2.75, 3.05) is 6.61 Å². The maximum Gasteiger partial charge on any atom is 0.110 e. The van der Waals surface area contributed by atoms with E-state index in [4.69, 9.17) is 9.47 Å². The zero-order chi connectivity index (χ0) is 17.3. The molecule has 0 aliphatic heterocycles. The summed E-state index contributed by atoms with van der Waals surface area (Å²) in [6.07, 6.45) is 4.74. The van der Waals surface area contributed by atoms with Crippen LogP contribution in [0.4, 0.5) is 0 Å². The van der Waals surface area contributed by atoms with Gasteiger partial charge < -0.3 is 9.47 Å². The lowest BCUT2D eigenvalue weighted by molar-refractivity contribution is -0.0915. The number of benzene rings is 1. The van der Waals surface area contributed by atoms with Gasteiger partial charge in [-0.05, 0) is 50.2 Å². The minimum atomic E-state index is -0.302. The van der Waals surface area contributed by atoms with Crippen LogP contribution in [-0.4, -0.2) is 17.1 Å². The molecule has 0 spiro atoms. The molecule has 0 bridgehead atoms. The summed E-state index contributed by atoms with van der Waals surface area (Å²) in [6, 6.07) is 8.43. The Morgan fingerprint density at radius 3 is 2.04 bits per heavy atom. The predicted molar refractivity (Wildman–Crippen MR) is 102 cm³/mol. The summed E-state index contributed by atoms with van der Waals surface area (Å²) in [7, 11) is 0. The first-order valence-corrected chi connectivity index (χ1v) is 9.43. The standard InChI is InChI=1S/C20H34O2S/c1-6-19(7-2,14-15-21-20(23,8-3)9-4)22-16-18-13-11-10-12-17(18)5/h10-13,23H,6-9,14-16H2,1-5H3. The molecule has 132 valence electrons. The summed E-state index contributed by atoms with van der Waals surface area (Å²) in [6.45, 7) is 12.2. The number of rotatable bonds is 11. The molecule has 0 saturated carbocycles. The third-order valence-corrected chi connectivity index (χ3v) is 5.88. The van der Waals surface area contributed by atoms with Crippen LogP contribution >= 0.6 is 12.6 Å². The Hall–Kier alpha value is -0.510. The molecule has 1 aromatic rings. The molecule has 1 rings (SSSR count). The van der Waals surface area contributed by atoms with E-state index in [9.17, 15) is 0 Å². The van der Waals surface area contributed by atoms with Crippen LogP contribution in [0.1, 0.15) is 70.9 Å². The zero-order valence-corrected chi connectivity index (χ0v) is 16.4. The average molecular weight is 339 g/mol. The van der Waals surface area contributed by atoms with Crippen LogP contribution in [0.5, 0.6) is 0 Å². The maximum atomic E-state index is 6.37. The minimum absolute atomic E-state index is 0.113. The lowest BCUT2D eigenvalue weighted by atomic mass is 9.93. The molecule has 0 fully saturated rings. The van der Waals surface area contributed by atoms with Crippen LogP contribution in [0, 0.1) is 6.92 Å². The van der Waals surface area contributed by atoms with Gasteiger partial charge in [-0.25, -0.2) is 0 Å². The molecule has 23 heavy (non-hydrogen) atoms. The van der Waals surface area contributed by atoms with Gasteiger partial charge in [-0.15, -0.1) is 12.6 Å². The minimum Gasteiger partial charge on any atom is -0.370 e. The van der Waals surface area contributed by atoms with Crippen molar-refractivity contribution in [3.63, 3.8) is 0 Å². The molecule has 2 nitrogen and oxygen atoms in total. The Labute approximate surface area is 148 Å². The van der Waals surface area contributed by atoms with Gasteiger partial charge in [0.15, 0.2) is 0 Å². The summed E-state index contributed by atoms with van der Waals surface area (Å²) in [5, 5.41) is 0. The van der Waals surface area contributed by atoms with E-state index < -0.39 is 0 Å². The second-order valence-electron chi connectivity index (χ2n) is 6.36. The first-order chi connectivity index (χ1) is 10.9. The summed E-state index contributed by atoms with van der Waals surface area (Å²) >= 11 is 4.67. The molecular weight excluding hydrogens is 304 g/mol. The Morgan fingerprint density at radius 2 is 1.52 bits per heavy atom. The van der Waals surface area contributed by atoms with E-state index in [0.717, 1.165) is 32.1 Å². The summed E-state index contributed by atoms with van der Waals surface area (Å²) < 4.78 is 12.4. The van der Waals surface area contributed by atoms with E-state index in [1.807, 2.05) is 0 Å². The maximum absolute atomic E-state index is 6.37. The van der Waals surface area contributed by atoms with Gasteiger partial charge in [-0.1, -0.05) is 52.0 Å². The molecule has 1 aromatic carbocycles. The fourth-order valence-electron chi connectivity index (χ4n) is 2.76. The number of aryl methyl sites for hydroxylation is 1. The highest BCUT2D eigenvalue weighted by Gasteiger charge is 2.29. The van der Waals surface area contributed by atoms with Crippen LogP contribution in [0.25, 0.3) is 0 Å². The van der Waals surface area contributed by atoms with E-state index in [1.54, 1.807) is 0 Å². The molecule has 0 radical (unpaired) electrons. The predicted octanol–water partition coefficient (Wildman–Crippen LogP) is 5.92. The summed E-state index contributed by atoms with van der Waals surface area (Å²) in [4.78, 5) is -0.302. The van der Waals surface area contributed by atoms with Crippen LogP contribution in [0.3, 0.4) is 0 Å². The largest absolute Gasteiger partial charge is 0.370 e. The van der Waals surface area contributed by atoms with Gasteiger partial charge in [0.05, 0.1) is 18.8 Å². The van der Waals surface area contributed by atoms with Crippen molar-refractivity contribution < 1.29 is 9.47 Å². The highest BCUT2D eigenvalue weighted by Crippen LogP contribution is 2.30. The SMILES string of the molecule is CCC(S)(CC)OCCC(CC)(CC)OCc1ccccc1C. The summed E-state index contributed by atoms with van der Waals surface area (Å²) in [5.41, 5.74) is 2.44. The molecule has 0 aliphatic carbocycles. The monoisotopic (exact) mass is 338 g/mol. The number of hydrogen-bond donors (Lipinski definition) is 1. The average Bonchev–Trinajstić information content (AvgIpc) is 2.59. The summed E-state index contributed by atoms with van der Waals surface area (Å²) in [5.74, 6) is 0. The fraction of sp³-hybridized carbons (Fsp3) is 0.700. The molecule has 0 heterocycles. The van der Waals surface area contributed by atoms with Crippen LogP contribution in [-0.2, 0) is 16.1 Å². The second kappa shape index (κ2) is 9.71. The smallest absolute Gasteiger partial charge is 0.110 e. The van der Waals surface area contributed by atoms with E-state index >= 15 is 0 Å². The normalized spacial score (nSPS) is 12.6. The van der Waals surface area contributed by atoms with Gasteiger partial charge in [-0.2, -0.15) is 0 Å². The van der Waals surface area contributed by atoms with Gasteiger partial charge in [0.1, 0.15) is 4.93 Å². The number of ether oxygens (including phenoxy) is 2. The van der Waals surface area contributed by atoms with Crippen molar-refractivity contribution in [3.8, 4) is 0 Å². The van der Waals surface area contributed by atoms with Crippen molar-refractivity contribution in [2.45, 2.75) is 83.9 Å². The van der Waals surface area contributed by atoms with Gasteiger partial charge in [0, 0.05) is 0 Å². The molecule has 0 aliphatic rings. The zero-order valence-electron chi connectivity index (χ0n) is 15.5. The highest BCUT2D eigenvalue weighted by atomic mass is 32.1. The van der Waals surface area contributed by atoms with Gasteiger partial charge in [-0.3, -0.25) is 0 Å². The van der Waals surface area contributed by atoms with Crippen molar-refractivity contribution in [1.82, 2.24) is 0 Å². The molecule has 0 saturated heterocycles. The lowest BCUT2D eigenvalue weighted by Crippen LogP contribution is -2.34. The first-order valence-electron chi connectivity index (χ1n) is 8.99.